The summed E-state index contributed by atoms with van der Waals surface area (Å²) < 4.78 is 72.0. The average Bonchev–Trinajstić information content (AvgIpc) is 3.44. The lowest BCUT2D eigenvalue weighted by Gasteiger charge is -2.12. The molecular formula is C28H22F3N3O4S. The van der Waals surface area contributed by atoms with Crippen LogP contribution in [-0.4, -0.2) is 30.2 Å². The van der Waals surface area contributed by atoms with Crippen molar-refractivity contribution in [2.45, 2.75) is 19.1 Å². The highest BCUT2D eigenvalue weighted by Gasteiger charge is 2.26. The highest BCUT2D eigenvalue weighted by Crippen LogP contribution is 2.33. The smallest absolute Gasteiger partial charge is 0.201 e. The summed E-state index contributed by atoms with van der Waals surface area (Å²) in [7, 11) is -3.44. The molecule has 0 saturated heterocycles. The van der Waals surface area contributed by atoms with Crippen molar-refractivity contribution < 1.29 is 31.1 Å². The largest absolute Gasteiger partial charge is 0.454 e. The Morgan fingerprint density at radius 1 is 1.10 bits per heavy atom. The van der Waals surface area contributed by atoms with Gasteiger partial charge in [0.25, 0.3) is 0 Å². The molecule has 0 unspecified atom stereocenters. The lowest BCUT2D eigenvalue weighted by Crippen LogP contribution is -2.09. The number of hydrogen-bond acceptors (Lipinski definition) is 6. The third-order valence-corrected chi connectivity index (χ3v) is 7.16. The van der Waals surface area contributed by atoms with E-state index in [1.54, 1.807) is 25.1 Å². The Morgan fingerprint density at radius 2 is 1.87 bits per heavy atom. The number of anilines is 1. The van der Waals surface area contributed by atoms with E-state index in [0.29, 0.717) is 28.0 Å². The Morgan fingerprint density at radius 3 is 2.59 bits per heavy atom. The third kappa shape index (κ3) is 5.17. The molecule has 39 heavy (non-hydrogen) atoms. The molecule has 1 aliphatic carbocycles. The van der Waals surface area contributed by atoms with Crippen LogP contribution in [0.1, 0.15) is 32.6 Å². The second-order valence-corrected chi connectivity index (χ2v) is 11.5. The molecule has 11 heteroatoms. The molecule has 1 aromatic heterocycles. The molecule has 0 fully saturated rings. The van der Waals surface area contributed by atoms with Gasteiger partial charge in [-0.2, -0.15) is 9.49 Å². The maximum Gasteiger partial charge on any atom is 0.201 e. The number of allylic oxidation sites excluding steroid dienone is 1. The van der Waals surface area contributed by atoms with Gasteiger partial charge < -0.3 is 10.5 Å². The zero-order valence-corrected chi connectivity index (χ0v) is 21.7. The number of hydrogen-bond donors (Lipinski definition) is 1. The van der Waals surface area contributed by atoms with E-state index in [0.717, 1.165) is 12.3 Å². The number of ether oxygens (including phenoxy) is 1. The van der Waals surface area contributed by atoms with Gasteiger partial charge in [-0.3, -0.25) is 4.79 Å². The first-order chi connectivity index (χ1) is 18.4. The van der Waals surface area contributed by atoms with Crippen molar-refractivity contribution in [3.05, 3.63) is 106 Å². The zero-order valence-electron chi connectivity index (χ0n) is 20.8. The predicted octanol–water partition coefficient (Wildman–Crippen LogP) is 5.34. The van der Waals surface area contributed by atoms with Gasteiger partial charge in [-0.05, 0) is 66.1 Å². The Hall–Kier alpha value is -4.38. The number of benzene rings is 3. The standard InChI is InChI=1S/C28H22F3N3O4S/c1-15-8-20(38-25-5-3-4-22(29)26(25)31)6-7-24(15)34-28(32)21(13-33-34)27(35)18-9-16-11-19(14-39(2,36)37)23(30)12-17(16)10-18/h3-8,10-13H,9,14,32H2,1-2H3. The molecule has 2 N–H and O–H groups in total. The minimum atomic E-state index is -3.44. The van der Waals surface area contributed by atoms with Gasteiger partial charge in [0.05, 0.1) is 23.2 Å². The predicted molar refractivity (Wildman–Crippen MR) is 140 cm³/mol. The van der Waals surface area contributed by atoms with E-state index >= 15 is 0 Å². The molecular weight excluding hydrogens is 531 g/mol. The highest BCUT2D eigenvalue weighted by molar-refractivity contribution is 7.89. The van der Waals surface area contributed by atoms with E-state index in [2.05, 4.69) is 5.10 Å². The Labute approximate surface area is 222 Å². The number of carbonyl (C=O) groups excluding carboxylic acids is 1. The van der Waals surface area contributed by atoms with Crippen molar-refractivity contribution >= 4 is 27.5 Å². The maximum atomic E-state index is 14.5. The van der Waals surface area contributed by atoms with Gasteiger partial charge in [0.2, 0.25) is 5.82 Å². The van der Waals surface area contributed by atoms with Gasteiger partial charge in [-0.25, -0.2) is 21.9 Å². The van der Waals surface area contributed by atoms with Gasteiger partial charge in [-0.15, -0.1) is 0 Å². The monoisotopic (exact) mass is 553 g/mol. The molecule has 5 rings (SSSR count). The number of nitrogens with two attached hydrogens (primary N) is 1. The first kappa shape index (κ1) is 26.2. The molecule has 0 bridgehead atoms. The van der Waals surface area contributed by atoms with Crippen molar-refractivity contribution in [1.29, 1.82) is 0 Å². The molecule has 7 nitrogen and oxygen atoms in total. The van der Waals surface area contributed by atoms with Crippen LogP contribution in [0.2, 0.25) is 0 Å². The van der Waals surface area contributed by atoms with Crippen LogP contribution < -0.4 is 10.5 Å². The molecule has 0 aliphatic heterocycles. The van der Waals surface area contributed by atoms with Crippen LogP contribution in [0.5, 0.6) is 11.5 Å². The van der Waals surface area contributed by atoms with Gasteiger partial charge in [0.1, 0.15) is 17.4 Å². The van der Waals surface area contributed by atoms with E-state index < -0.39 is 33.0 Å². The molecule has 4 aromatic rings. The summed E-state index contributed by atoms with van der Waals surface area (Å²) in [5, 5.41) is 4.26. The SMILES string of the molecule is Cc1cc(Oc2cccc(F)c2F)ccc1-n1ncc(C(=O)C2=Cc3cc(F)c(CS(C)(=O)=O)cc3C2)c1N. The first-order valence-corrected chi connectivity index (χ1v) is 13.8. The number of carbonyl (C=O) groups is 1. The van der Waals surface area contributed by atoms with Crippen molar-refractivity contribution in [1.82, 2.24) is 9.78 Å². The molecule has 0 saturated carbocycles. The number of nitrogens with zero attached hydrogens (tertiary/aromatic N) is 2. The number of rotatable bonds is 7. The molecule has 0 atom stereocenters. The number of aryl methyl sites for hydroxylation is 1. The summed E-state index contributed by atoms with van der Waals surface area (Å²) in [6.07, 6.45) is 4.12. The number of nitrogen functional groups attached to an aromatic ring is 1. The van der Waals surface area contributed by atoms with E-state index in [1.165, 1.54) is 41.2 Å². The molecule has 0 spiro atoms. The van der Waals surface area contributed by atoms with Crippen LogP contribution in [-0.2, 0) is 22.0 Å². The zero-order chi connectivity index (χ0) is 28.1. The Bertz CT molecular complexity index is 1800. The summed E-state index contributed by atoms with van der Waals surface area (Å²) in [5.41, 5.74) is 9.18. The van der Waals surface area contributed by atoms with Gasteiger partial charge in [0, 0.05) is 23.8 Å². The molecule has 0 amide bonds. The normalized spacial score (nSPS) is 12.8. The molecule has 1 aliphatic rings. The third-order valence-electron chi connectivity index (χ3n) is 6.32. The Balaban J connectivity index is 1.38. The van der Waals surface area contributed by atoms with E-state index in [1.807, 2.05) is 0 Å². The molecule has 200 valence electrons. The number of fused-ring (bicyclic) bond motifs is 1. The number of ketones is 1. The second kappa shape index (κ2) is 9.73. The minimum absolute atomic E-state index is 0.0497. The number of Topliss-reactive ketones (excluding diaryl/α,β-unsaturated/α-hetero) is 1. The van der Waals surface area contributed by atoms with Crippen molar-refractivity contribution in [2.75, 3.05) is 12.0 Å². The van der Waals surface area contributed by atoms with Crippen LogP contribution in [0.3, 0.4) is 0 Å². The van der Waals surface area contributed by atoms with Crippen molar-refractivity contribution in [3.8, 4) is 17.2 Å². The van der Waals surface area contributed by atoms with E-state index in [-0.39, 0.29) is 40.6 Å². The van der Waals surface area contributed by atoms with Crippen LogP contribution in [0, 0.1) is 24.4 Å². The van der Waals surface area contributed by atoms with Crippen LogP contribution in [0.15, 0.2) is 60.3 Å². The Kier molecular flexibility index (Phi) is 6.55. The fraction of sp³-hybridized carbons (Fsp3) is 0.143. The summed E-state index contributed by atoms with van der Waals surface area (Å²) in [4.78, 5) is 13.3. The quantitative estimate of drug-likeness (QED) is 0.310. The van der Waals surface area contributed by atoms with Crippen molar-refractivity contribution in [2.24, 2.45) is 0 Å². The number of aromatic nitrogens is 2. The summed E-state index contributed by atoms with van der Waals surface area (Å²) in [6, 6.07) is 11.1. The highest BCUT2D eigenvalue weighted by atomic mass is 32.2. The number of halogens is 3. The molecule has 1 heterocycles. The van der Waals surface area contributed by atoms with E-state index in [4.69, 9.17) is 10.5 Å². The first-order valence-electron chi connectivity index (χ1n) is 11.7. The second-order valence-electron chi connectivity index (χ2n) is 9.35. The fourth-order valence-electron chi connectivity index (χ4n) is 4.47. The van der Waals surface area contributed by atoms with Gasteiger partial charge >= 0.3 is 0 Å². The van der Waals surface area contributed by atoms with Crippen LogP contribution >= 0.6 is 0 Å². The molecule has 0 radical (unpaired) electrons. The van der Waals surface area contributed by atoms with Crippen LogP contribution in [0.4, 0.5) is 19.0 Å². The number of sulfone groups is 1. The fourth-order valence-corrected chi connectivity index (χ4v) is 5.26. The summed E-state index contributed by atoms with van der Waals surface area (Å²) in [6.45, 7) is 1.74. The lowest BCUT2D eigenvalue weighted by molar-refractivity contribution is 0.103. The summed E-state index contributed by atoms with van der Waals surface area (Å²) >= 11 is 0. The lowest BCUT2D eigenvalue weighted by atomic mass is 10.0. The average molecular weight is 554 g/mol. The topological polar surface area (TPSA) is 104 Å². The maximum absolute atomic E-state index is 14.5. The van der Waals surface area contributed by atoms with Gasteiger partial charge in [0.15, 0.2) is 27.2 Å². The minimum Gasteiger partial charge on any atom is -0.454 e. The summed E-state index contributed by atoms with van der Waals surface area (Å²) in [5.74, 6) is -3.52. The van der Waals surface area contributed by atoms with Gasteiger partial charge in [-0.1, -0.05) is 12.1 Å². The van der Waals surface area contributed by atoms with Crippen molar-refractivity contribution in [3.63, 3.8) is 0 Å². The van der Waals surface area contributed by atoms with E-state index in [9.17, 15) is 26.4 Å². The molecule has 3 aromatic carbocycles. The van der Waals surface area contributed by atoms with Crippen LogP contribution in [0.25, 0.3) is 11.8 Å².